The van der Waals surface area contributed by atoms with Gasteiger partial charge in [-0.15, -0.1) is 11.3 Å². The quantitative estimate of drug-likeness (QED) is 0.697. The molecule has 1 aromatic carbocycles. The number of carbonyl (C=O) groups excluding carboxylic acids is 1. The average Bonchev–Trinajstić information content (AvgIpc) is 3.05. The van der Waals surface area contributed by atoms with Crippen molar-refractivity contribution < 1.29 is 9.53 Å². The van der Waals surface area contributed by atoms with E-state index in [9.17, 15) is 4.79 Å². The smallest absolute Gasteiger partial charge is 0.263 e. The van der Waals surface area contributed by atoms with Crippen molar-refractivity contribution >= 4 is 17.2 Å². The van der Waals surface area contributed by atoms with Crippen molar-refractivity contribution in [2.45, 2.75) is 72.3 Å². The summed E-state index contributed by atoms with van der Waals surface area (Å²) in [7, 11) is 0. The van der Waals surface area contributed by atoms with Crippen molar-refractivity contribution in [2.24, 2.45) is 0 Å². The van der Waals surface area contributed by atoms with Crippen LogP contribution in [0.2, 0.25) is 0 Å². The van der Waals surface area contributed by atoms with Crippen molar-refractivity contribution in [1.82, 2.24) is 15.2 Å². The third-order valence-electron chi connectivity index (χ3n) is 5.17. The van der Waals surface area contributed by atoms with E-state index < -0.39 is 0 Å². The van der Waals surface area contributed by atoms with Crippen molar-refractivity contribution in [1.29, 1.82) is 0 Å². The van der Waals surface area contributed by atoms with Crippen LogP contribution in [0.15, 0.2) is 24.3 Å². The molecule has 1 fully saturated rings. The summed E-state index contributed by atoms with van der Waals surface area (Å²) < 4.78 is 5.81. The van der Waals surface area contributed by atoms with Gasteiger partial charge < -0.3 is 10.1 Å². The van der Waals surface area contributed by atoms with Crippen LogP contribution < -0.4 is 5.32 Å². The highest BCUT2D eigenvalue weighted by Crippen LogP contribution is 2.20. The van der Waals surface area contributed by atoms with Crippen LogP contribution in [0.5, 0.6) is 0 Å². The minimum absolute atomic E-state index is 0.0249. The van der Waals surface area contributed by atoms with E-state index in [1.807, 2.05) is 6.92 Å². The second kappa shape index (κ2) is 10.3. The lowest BCUT2D eigenvalue weighted by atomic mass is 10.1. The third kappa shape index (κ3) is 6.36. The first-order valence-corrected chi connectivity index (χ1v) is 11.5. The number of ether oxygens (including phenoxy) is 1. The Morgan fingerprint density at radius 1 is 1.21 bits per heavy atom. The van der Waals surface area contributed by atoms with Crippen molar-refractivity contribution in [3.05, 3.63) is 51.0 Å². The van der Waals surface area contributed by atoms with Crippen LogP contribution in [0.4, 0.5) is 0 Å². The van der Waals surface area contributed by atoms with Gasteiger partial charge in [0.15, 0.2) is 0 Å². The Labute approximate surface area is 178 Å². The number of aromatic nitrogens is 1. The Balaban J connectivity index is 1.51. The maximum Gasteiger partial charge on any atom is 0.263 e. The predicted molar refractivity (Wildman–Crippen MR) is 118 cm³/mol. The molecule has 0 aliphatic carbocycles. The monoisotopic (exact) mass is 415 g/mol. The lowest BCUT2D eigenvalue weighted by Crippen LogP contribution is -2.44. The van der Waals surface area contributed by atoms with E-state index in [1.54, 1.807) is 0 Å². The standard InChI is InChI=1S/C23H33N3O2S/c1-5-6-7-21-25-18(4)22(29-21)23(27)24-12-19-8-10-20(11-9-19)15-26-13-16(2)28-17(3)14-26/h8-11,16-17H,5-7,12-15H2,1-4H3,(H,24,27). The van der Waals surface area contributed by atoms with Crippen LogP contribution in [0.3, 0.4) is 0 Å². The number of hydrogen-bond donors (Lipinski definition) is 1. The third-order valence-corrected chi connectivity index (χ3v) is 6.38. The van der Waals surface area contributed by atoms with Crippen LogP contribution in [-0.4, -0.2) is 41.1 Å². The molecule has 1 saturated heterocycles. The molecule has 6 heteroatoms. The van der Waals surface area contributed by atoms with Gasteiger partial charge in [-0.1, -0.05) is 37.6 Å². The molecule has 29 heavy (non-hydrogen) atoms. The maximum atomic E-state index is 12.6. The first-order valence-electron chi connectivity index (χ1n) is 10.6. The number of thiazole rings is 1. The molecular formula is C23H33N3O2S. The second-order valence-corrected chi connectivity index (χ2v) is 9.16. The highest BCUT2D eigenvalue weighted by atomic mass is 32.1. The first kappa shape index (κ1) is 21.9. The lowest BCUT2D eigenvalue weighted by Gasteiger charge is -2.35. The van der Waals surface area contributed by atoms with Crippen LogP contribution in [0.25, 0.3) is 0 Å². The molecule has 0 bridgehead atoms. The fourth-order valence-electron chi connectivity index (χ4n) is 3.79. The van der Waals surface area contributed by atoms with Crippen LogP contribution in [-0.2, 0) is 24.2 Å². The number of unbranched alkanes of at least 4 members (excludes halogenated alkanes) is 1. The van der Waals surface area contributed by atoms with E-state index in [2.05, 4.69) is 60.2 Å². The number of hydrogen-bond acceptors (Lipinski definition) is 5. The van der Waals surface area contributed by atoms with Crippen molar-refractivity contribution in [2.75, 3.05) is 13.1 Å². The topological polar surface area (TPSA) is 54.5 Å². The molecule has 1 N–H and O–H groups in total. The second-order valence-electron chi connectivity index (χ2n) is 8.08. The summed E-state index contributed by atoms with van der Waals surface area (Å²) in [4.78, 5) is 20.3. The minimum atomic E-state index is -0.0249. The van der Waals surface area contributed by atoms with Gasteiger partial charge in [-0.3, -0.25) is 9.69 Å². The number of amides is 1. The number of benzene rings is 1. The SMILES string of the molecule is CCCCc1nc(C)c(C(=O)NCc2ccc(CN3CC(C)OC(C)C3)cc2)s1. The molecule has 3 rings (SSSR count). The molecular weight excluding hydrogens is 382 g/mol. The van der Waals surface area contributed by atoms with Crippen LogP contribution in [0, 0.1) is 6.92 Å². The summed E-state index contributed by atoms with van der Waals surface area (Å²) in [5.74, 6) is -0.0249. The molecule has 0 radical (unpaired) electrons. The van der Waals surface area contributed by atoms with Gasteiger partial charge >= 0.3 is 0 Å². The number of carbonyl (C=O) groups is 1. The van der Waals surface area contributed by atoms with Gasteiger partial charge in [0.25, 0.3) is 5.91 Å². The molecule has 0 saturated carbocycles. The van der Waals surface area contributed by atoms with Crippen LogP contribution in [0.1, 0.15) is 65.1 Å². The number of rotatable bonds is 8. The van der Waals surface area contributed by atoms with E-state index in [0.717, 1.165) is 60.0 Å². The zero-order valence-corrected chi connectivity index (χ0v) is 18.8. The van der Waals surface area contributed by atoms with Gasteiger partial charge in [0.05, 0.1) is 22.9 Å². The molecule has 0 spiro atoms. The summed E-state index contributed by atoms with van der Waals surface area (Å²) in [6.07, 6.45) is 3.77. The normalized spacial score (nSPS) is 20.0. The van der Waals surface area contributed by atoms with Gasteiger partial charge in [-0.05, 0) is 44.7 Å². The summed E-state index contributed by atoms with van der Waals surface area (Å²) in [6.45, 7) is 11.8. The van der Waals surface area contributed by atoms with E-state index in [4.69, 9.17) is 4.74 Å². The summed E-state index contributed by atoms with van der Waals surface area (Å²) >= 11 is 1.53. The molecule has 1 aromatic heterocycles. The molecule has 158 valence electrons. The Morgan fingerprint density at radius 3 is 2.52 bits per heavy atom. The zero-order chi connectivity index (χ0) is 20.8. The largest absolute Gasteiger partial charge is 0.373 e. The number of nitrogens with zero attached hydrogens (tertiary/aromatic N) is 2. The molecule has 5 nitrogen and oxygen atoms in total. The molecule has 2 heterocycles. The van der Waals surface area contributed by atoms with Gasteiger partial charge in [0.1, 0.15) is 4.88 Å². The van der Waals surface area contributed by atoms with E-state index in [-0.39, 0.29) is 18.1 Å². The van der Waals surface area contributed by atoms with Gasteiger partial charge in [0, 0.05) is 26.2 Å². The van der Waals surface area contributed by atoms with Gasteiger partial charge in [-0.2, -0.15) is 0 Å². The minimum Gasteiger partial charge on any atom is -0.373 e. The molecule has 2 atom stereocenters. The van der Waals surface area contributed by atoms with E-state index in [0.29, 0.717) is 6.54 Å². The van der Waals surface area contributed by atoms with Gasteiger partial charge in [0.2, 0.25) is 0 Å². The average molecular weight is 416 g/mol. The molecule has 1 amide bonds. The molecule has 1 aliphatic rings. The lowest BCUT2D eigenvalue weighted by molar-refractivity contribution is -0.0704. The van der Waals surface area contributed by atoms with Gasteiger partial charge in [-0.25, -0.2) is 4.98 Å². The Morgan fingerprint density at radius 2 is 1.86 bits per heavy atom. The molecule has 2 unspecified atom stereocenters. The first-order chi connectivity index (χ1) is 13.9. The van der Waals surface area contributed by atoms with Crippen molar-refractivity contribution in [3.63, 3.8) is 0 Å². The highest BCUT2D eigenvalue weighted by molar-refractivity contribution is 7.13. The van der Waals surface area contributed by atoms with E-state index in [1.165, 1.54) is 16.9 Å². The number of aryl methyl sites for hydroxylation is 2. The zero-order valence-electron chi connectivity index (χ0n) is 18.0. The number of morpholine rings is 1. The molecule has 2 aromatic rings. The fraction of sp³-hybridized carbons (Fsp3) is 0.565. The molecule has 1 aliphatic heterocycles. The van der Waals surface area contributed by atoms with E-state index >= 15 is 0 Å². The Kier molecular flexibility index (Phi) is 7.81. The van der Waals surface area contributed by atoms with Crippen molar-refractivity contribution in [3.8, 4) is 0 Å². The predicted octanol–water partition coefficient (Wildman–Crippen LogP) is 4.33. The maximum absolute atomic E-state index is 12.6. The highest BCUT2D eigenvalue weighted by Gasteiger charge is 2.22. The Bertz CT molecular complexity index is 793. The summed E-state index contributed by atoms with van der Waals surface area (Å²) in [5.41, 5.74) is 3.24. The fourth-order valence-corrected chi connectivity index (χ4v) is 4.82. The Hall–Kier alpha value is -1.76. The summed E-state index contributed by atoms with van der Waals surface area (Å²) in [5, 5.41) is 4.10. The number of nitrogens with one attached hydrogen (secondary N) is 1. The van der Waals surface area contributed by atoms with Crippen LogP contribution >= 0.6 is 11.3 Å². The summed E-state index contributed by atoms with van der Waals surface area (Å²) in [6, 6.07) is 8.53.